The van der Waals surface area contributed by atoms with E-state index in [0.717, 1.165) is 0 Å². The molecular formula is C9H9ClN4O. The van der Waals surface area contributed by atoms with Crippen molar-refractivity contribution in [2.45, 2.75) is 5.88 Å². The van der Waals surface area contributed by atoms with Gasteiger partial charge in [-0.2, -0.15) is 5.10 Å². The van der Waals surface area contributed by atoms with Gasteiger partial charge in [-0.1, -0.05) is 0 Å². The molecule has 0 fully saturated rings. The molecule has 1 N–H and O–H groups in total. The van der Waals surface area contributed by atoms with Crippen molar-refractivity contribution < 1.29 is 0 Å². The summed E-state index contributed by atoms with van der Waals surface area (Å²) >= 11 is 5.62. The number of hydrogen-bond donors (Lipinski definition) is 1. The molecule has 0 saturated carbocycles. The Balaban J connectivity index is 2.53. The van der Waals surface area contributed by atoms with Crippen molar-refractivity contribution in [3.05, 3.63) is 34.4 Å². The molecule has 0 radical (unpaired) electrons. The molecule has 0 bridgehead atoms. The van der Waals surface area contributed by atoms with Gasteiger partial charge in [0, 0.05) is 19.3 Å². The Hall–Kier alpha value is -1.62. The molecule has 0 saturated heterocycles. The number of aryl methyl sites for hydroxylation is 1. The summed E-state index contributed by atoms with van der Waals surface area (Å²) in [7, 11) is 1.80. The van der Waals surface area contributed by atoms with E-state index in [9.17, 15) is 4.79 Å². The molecule has 0 unspecified atom stereocenters. The van der Waals surface area contributed by atoms with E-state index in [1.54, 1.807) is 24.0 Å². The monoisotopic (exact) mass is 224 g/mol. The van der Waals surface area contributed by atoms with Gasteiger partial charge >= 0.3 is 0 Å². The van der Waals surface area contributed by atoms with E-state index >= 15 is 0 Å². The standard InChI is InChI=1S/C9H9ClN4O/c1-14-3-2-7(13-14)9-11-6(5-10)4-8(15)12-9/h2-4H,5H2,1H3,(H,11,12,15). The largest absolute Gasteiger partial charge is 0.305 e. The molecule has 5 nitrogen and oxygen atoms in total. The fraction of sp³-hybridized carbons (Fsp3) is 0.222. The average Bonchev–Trinajstić information content (AvgIpc) is 2.64. The molecule has 0 aliphatic rings. The first kappa shape index (κ1) is 9.92. The number of aromatic amines is 1. The molecule has 2 heterocycles. The molecule has 15 heavy (non-hydrogen) atoms. The van der Waals surface area contributed by atoms with Gasteiger partial charge in [-0.15, -0.1) is 11.6 Å². The highest BCUT2D eigenvalue weighted by Gasteiger charge is 2.05. The molecule has 2 aromatic rings. The van der Waals surface area contributed by atoms with Crippen LogP contribution >= 0.6 is 11.6 Å². The fourth-order valence-electron chi connectivity index (χ4n) is 1.24. The van der Waals surface area contributed by atoms with Crippen molar-refractivity contribution in [3.63, 3.8) is 0 Å². The lowest BCUT2D eigenvalue weighted by molar-refractivity contribution is 0.768. The lowest BCUT2D eigenvalue weighted by Crippen LogP contribution is -2.09. The molecule has 0 aromatic carbocycles. The quantitative estimate of drug-likeness (QED) is 0.772. The van der Waals surface area contributed by atoms with Crippen molar-refractivity contribution in [3.8, 4) is 11.5 Å². The van der Waals surface area contributed by atoms with Crippen molar-refractivity contribution in [2.24, 2.45) is 7.05 Å². The Morgan fingerprint density at radius 1 is 1.60 bits per heavy atom. The first-order valence-corrected chi connectivity index (χ1v) is 4.89. The molecule has 0 amide bonds. The molecule has 6 heteroatoms. The SMILES string of the molecule is Cn1ccc(-c2nc(CCl)cc(=O)[nH]2)n1. The second-order valence-corrected chi connectivity index (χ2v) is 3.36. The predicted molar refractivity (Wildman–Crippen MR) is 56.6 cm³/mol. The number of rotatable bonds is 2. The summed E-state index contributed by atoms with van der Waals surface area (Å²) in [6.07, 6.45) is 1.78. The summed E-state index contributed by atoms with van der Waals surface area (Å²) in [5.74, 6) is 0.655. The minimum atomic E-state index is -0.221. The Morgan fingerprint density at radius 2 is 2.40 bits per heavy atom. The number of aromatic nitrogens is 4. The van der Waals surface area contributed by atoms with Gasteiger partial charge in [0.25, 0.3) is 5.56 Å². The third-order valence-corrected chi connectivity index (χ3v) is 2.16. The van der Waals surface area contributed by atoms with E-state index in [2.05, 4.69) is 15.1 Å². The molecule has 2 aromatic heterocycles. The van der Waals surface area contributed by atoms with Crippen LogP contribution in [-0.4, -0.2) is 19.7 Å². The molecule has 0 spiro atoms. The Kier molecular flexibility index (Phi) is 2.55. The predicted octanol–water partition coefficient (Wildman–Crippen LogP) is 0.909. The van der Waals surface area contributed by atoms with Gasteiger partial charge < -0.3 is 4.98 Å². The number of nitrogens with zero attached hydrogens (tertiary/aromatic N) is 3. The van der Waals surface area contributed by atoms with Gasteiger partial charge in [0.1, 0.15) is 5.69 Å². The third kappa shape index (κ3) is 2.07. The topological polar surface area (TPSA) is 63.6 Å². The molecule has 78 valence electrons. The van der Waals surface area contributed by atoms with Crippen LogP contribution in [0.1, 0.15) is 5.69 Å². The Morgan fingerprint density at radius 3 is 3.00 bits per heavy atom. The van der Waals surface area contributed by atoms with E-state index in [1.807, 2.05) is 0 Å². The molecule has 0 atom stereocenters. The summed E-state index contributed by atoms with van der Waals surface area (Å²) < 4.78 is 1.64. The van der Waals surface area contributed by atoms with E-state index in [0.29, 0.717) is 17.2 Å². The van der Waals surface area contributed by atoms with Crippen LogP contribution in [0.3, 0.4) is 0 Å². The van der Waals surface area contributed by atoms with Crippen LogP contribution in [0, 0.1) is 0 Å². The van der Waals surface area contributed by atoms with Crippen LogP contribution in [0.15, 0.2) is 23.1 Å². The zero-order valence-corrected chi connectivity index (χ0v) is 8.82. The van der Waals surface area contributed by atoms with Crippen LogP contribution in [-0.2, 0) is 12.9 Å². The van der Waals surface area contributed by atoms with Crippen LogP contribution in [0.2, 0.25) is 0 Å². The van der Waals surface area contributed by atoms with Gasteiger partial charge in [0.2, 0.25) is 0 Å². The lowest BCUT2D eigenvalue weighted by Gasteiger charge is -1.98. The van der Waals surface area contributed by atoms with Gasteiger partial charge in [-0.25, -0.2) is 4.98 Å². The van der Waals surface area contributed by atoms with Gasteiger partial charge in [0.15, 0.2) is 5.82 Å². The van der Waals surface area contributed by atoms with Crippen LogP contribution in [0.4, 0.5) is 0 Å². The highest BCUT2D eigenvalue weighted by molar-refractivity contribution is 6.16. The first-order valence-electron chi connectivity index (χ1n) is 4.35. The van der Waals surface area contributed by atoms with E-state index in [1.165, 1.54) is 6.07 Å². The second kappa shape index (κ2) is 3.86. The maximum absolute atomic E-state index is 11.3. The molecule has 2 rings (SSSR count). The normalized spacial score (nSPS) is 10.5. The summed E-state index contributed by atoms with van der Waals surface area (Å²) in [5, 5.41) is 4.14. The zero-order valence-electron chi connectivity index (χ0n) is 8.07. The second-order valence-electron chi connectivity index (χ2n) is 3.09. The third-order valence-electron chi connectivity index (χ3n) is 1.89. The number of alkyl halides is 1. The highest BCUT2D eigenvalue weighted by Crippen LogP contribution is 2.10. The smallest absolute Gasteiger partial charge is 0.251 e. The Labute approximate surface area is 90.7 Å². The molecule has 0 aliphatic heterocycles. The van der Waals surface area contributed by atoms with E-state index in [4.69, 9.17) is 11.6 Å². The minimum Gasteiger partial charge on any atom is -0.305 e. The van der Waals surface area contributed by atoms with Crippen LogP contribution in [0.25, 0.3) is 11.5 Å². The fourth-order valence-corrected chi connectivity index (χ4v) is 1.38. The van der Waals surface area contributed by atoms with Crippen molar-refractivity contribution in [1.82, 2.24) is 19.7 Å². The highest BCUT2D eigenvalue weighted by atomic mass is 35.5. The first-order chi connectivity index (χ1) is 7.19. The van der Waals surface area contributed by atoms with Crippen molar-refractivity contribution in [1.29, 1.82) is 0 Å². The number of H-pyrrole nitrogens is 1. The van der Waals surface area contributed by atoms with E-state index in [-0.39, 0.29) is 11.4 Å². The van der Waals surface area contributed by atoms with Gasteiger partial charge in [0.05, 0.1) is 11.6 Å². The number of hydrogen-bond acceptors (Lipinski definition) is 3. The summed E-state index contributed by atoms with van der Waals surface area (Å²) in [6.45, 7) is 0. The number of nitrogens with one attached hydrogen (secondary N) is 1. The summed E-state index contributed by atoms with van der Waals surface area (Å²) in [4.78, 5) is 18.0. The van der Waals surface area contributed by atoms with Crippen molar-refractivity contribution >= 4 is 11.6 Å². The maximum Gasteiger partial charge on any atom is 0.251 e. The van der Waals surface area contributed by atoms with Crippen LogP contribution < -0.4 is 5.56 Å². The summed E-state index contributed by atoms with van der Waals surface area (Å²) in [5.41, 5.74) is 0.948. The molecular weight excluding hydrogens is 216 g/mol. The number of halogens is 1. The lowest BCUT2D eigenvalue weighted by atomic mass is 10.3. The van der Waals surface area contributed by atoms with Crippen molar-refractivity contribution in [2.75, 3.05) is 0 Å². The zero-order chi connectivity index (χ0) is 10.8. The summed E-state index contributed by atoms with van der Waals surface area (Å²) in [6, 6.07) is 3.15. The van der Waals surface area contributed by atoms with E-state index < -0.39 is 0 Å². The van der Waals surface area contributed by atoms with Gasteiger partial charge in [-0.05, 0) is 6.07 Å². The molecule has 0 aliphatic carbocycles. The maximum atomic E-state index is 11.3. The Bertz CT molecular complexity index is 531. The minimum absolute atomic E-state index is 0.212. The van der Waals surface area contributed by atoms with Crippen LogP contribution in [0.5, 0.6) is 0 Å². The van der Waals surface area contributed by atoms with Gasteiger partial charge in [-0.3, -0.25) is 9.48 Å². The average molecular weight is 225 g/mol.